The Hall–Kier alpha value is -1.85. The van der Waals surface area contributed by atoms with Crippen LogP contribution in [0.25, 0.3) is 5.69 Å². The van der Waals surface area contributed by atoms with Gasteiger partial charge in [-0.25, -0.2) is 4.68 Å². The van der Waals surface area contributed by atoms with Crippen molar-refractivity contribution in [1.29, 1.82) is 0 Å². The van der Waals surface area contributed by atoms with Crippen molar-refractivity contribution in [3.63, 3.8) is 0 Å². The highest BCUT2D eigenvalue weighted by Crippen LogP contribution is 2.21. The minimum atomic E-state index is -0.469. The molecule has 1 aromatic heterocycles. The largest absolute Gasteiger partial charge is 0.391 e. The summed E-state index contributed by atoms with van der Waals surface area (Å²) < 4.78 is 1.71. The van der Waals surface area contributed by atoms with Crippen LogP contribution in [0.3, 0.4) is 0 Å². The number of β-amino-alcohol motifs (C(OH)–C–C–N with tert-alkyl or cyclic N) is 1. The molecule has 2 atom stereocenters. The number of aliphatic hydroxyl groups excluding tert-OH is 1. The molecule has 0 spiro atoms. The first-order valence-electron chi connectivity index (χ1n) is 7.75. The summed E-state index contributed by atoms with van der Waals surface area (Å²) in [6.07, 6.45) is 0.338. The number of rotatable bonds is 2. The molecular formula is C17H20ClN3O2. The van der Waals surface area contributed by atoms with Crippen LogP contribution >= 0.6 is 11.6 Å². The number of carbonyl (C=O) groups is 1. The average molecular weight is 334 g/mol. The van der Waals surface area contributed by atoms with E-state index >= 15 is 0 Å². The highest BCUT2D eigenvalue weighted by molar-refractivity contribution is 6.30. The van der Waals surface area contributed by atoms with Gasteiger partial charge in [0, 0.05) is 23.8 Å². The Labute approximate surface area is 140 Å². The quantitative estimate of drug-likeness (QED) is 0.919. The Kier molecular flexibility index (Phi) is 4.41. The SMILES string of the molecule is Cc1cc(C(=O)N2CCC(C)C(O)C2)nn1-c1cccc(Cl)c1. The fourth-order valence-electron chi connectivity index (χ4n) is 2.84. The summed E-state index contributed by atoms with van der Waals surface area (Å²) in [5.74, 6) is 0.0876. The topological polar surface area (TPSA) is 58.4 Å². The van der Waals surface area contributed by atoms with E-state index in [4.69, 9.17) is 11.6 Å². The molecule has 0 saturated carbocycles. The minimum absolute atomic E-state index is 0.139. The number of piperidine rings is 1. The van der Waals surface area contributed by atoms with Crippen LogP contribution in [-0.4, -0.2) is 44.9 Å². The third-order valence-corrected chi connectivity index (χ3v) is 4.60. The van der Waals surface area contributed by atoms with E-state index in [0.29, 0.717) is 23.8 Å². The van der Waals surface area contributed by atoms with Gasteiger partial charge in [0.2, 0.25) is 0 Å². The fourth-order valence-corrected chi connectivity index (χ4v) is 3.03. The molecule has 23 heavy (non-hydrogen) atoms. The zero-order valence-corrected chi connectivity index (χ0v) is 14.0. The summed E-state index contributed by atoms with van der Waals surface area (Å²) in [5.41, 5.74) is 2.08. The molecule has 0 radical (unpaired) electrons. The van der Waals surface area contributed by atoms with Gasteiger partial charge in [0.05, 0.1) is 11.8 Å². The lowest BCUT2D eigenvalue weighted by molar-refractivity contribution is 0.0245. The second-order valence-electron chi connectivity index (χ2n) is 6.15. The first kappa shape index (κ1) is 16.0. The number of aryl methyl sites for hydroxylation is 1. The summed E-state index contributed by atoms with van der Waals surface area (Å²) in [6.45, 7) is 4.92. The number of aromatic nitrogens is 2. The number of nitrogens with zero attached hydrogens (tertiary/aromatic N) is 3. The van der Waals surface area contributed by atoms with Gasteiger partial charge in [-0.3, -0.25) is 4.79 Å². The zero-order valence-electron chi connectivity index (χ0n) is 13.2. The molecule has 1 saturated heterocycles. The number of hydrogen-bond donors (Lipinski definition) is 1. The minimum Gasteiger partial charge on any atom is -0.391 e. The summed E-state index contributed by atoms with van der Waals surface area (Å²) in [7, 11) is 0. The average Bonchev–Trinajstić information content (AvgIpc) is 2.91. The van der Waals surface area contributed by atoms with E-state index in [1.165, 1.54) is 0 Å². The van der Waals surface area contributed by atoms with E-state index in [1.807, 2.05) is 32.0 Å². The van der Waals surface area contributed by atoms with Crippen LogP contribution in [0.2, 0.25) is 5.02 Å². The maximum absolute atomic E-state index is 12.6. The molecule has 0 bridgehead atoms. The Morgan fingerprint density at radius 2 is 2.17 bits per heavy atom. The number of aliphatic hydroxyl groups is 1. The van der Waals surface area contributed by atoms with Crippen molar-refractivity contribution < 1.29 is 9.90 Å². The van der Waals surface area contributed by atoms with Crippen LogP contribution in [0.5, 0.6) is 0 Å². The molecule has 1 aliphatic rings. The molecular weight excluding hydrogens is 314 g/mol. The highest BCUT2D eigenvalue weighted by Gasteiger charge is 2.29. The lowest BCUT2D eigenvalue weighted by Crippen LogP contribution is -2.45. The van der Waals surface area contributed by atoms with Crippen molar-refractivity contribution in [3.05, 3.63) is 46.7 Å². The van der Waals surface area contributed by atoms with Gasteiger partial charge < -0.3 is 10.0 Å². The van der Waals surface area contributed by atoms with Crippen LogP contribution in [-0.2, 0) is 0 Å². The third kappa shape index (κ3) is 3.26. The molecule has 0 aliphatic carbocycles. The lowest BCUT2D eigenvalue weighted by atomic mass is 9.96. The third-order valence-electron chi connectivity index (χ3n) is 4.37. The maximum atomic E-state index is 12.6. The summed E-state index contributed by atoms with van der Waals surface area (Å²) in [5, 5.41) is 15.0. The van der Waals surface area contributed by atoms with Crippen molar-refractivity contribution >= 4 is 17.5 Å². The number of hydrogen-bond acceptors (Lipinski definition) is 3. The second kappa shape index (κ2) is 6.34. The molecule has 2 unspecified atom stereocenters. The van der Waals surface area contributed by atoms with Crippen molar-refractivity contribution in [2.45, 2.75) is 26.4 Å². The molecule has 1 N–H and O–H groups in total. The van der Waals surface area contributed by atoms with Gasteiger partial charge >= 0.3 is 0 Å². The van der Waals surface area contributed by atoms with Crippen molar-refractivity contribution in [2.75, 3.05) is 13.1 Å². The second-order valence-corrected chi connectivity index (χ2v) is 6.58. The van der Waals surface area contributed by atoms with E-state index < -0.39 is 6.10 Å². The molecule has 1 amide bonds. The van der Waals surface area contributed by atoms with Gasteiger partial charge in [-0.15, -0.1) is 0 Å². The van der Waals surface area contributed by atoms with Gasteiger partial charge in [0.15, 0.2) is 5.69 Å². The predicted octanol–water partition coefficient (Wildman–Crippen LogP) is 2.68. The molecule has 122 valence electrons. The van der Waals surface area contributed by atoms with Gasteiger partial charge in [0.25, 0.3) is 5.91 Å². The summed E-state index contributed by atoms with van der Waals surface area (Å²) in [6, 6.07) is 9.12. The molecule has 5 nitrogen and oxygen atoms in total. The normalized spacial score (nSPS) is 21.5. The Morgan fingerprint density at radius 1 is 1.39 bits per heavy atom. The van der Waals surface area contributed by atoms with Crippen molar-refractivity contribution in [3.8, 4) is 5.69 Å². The number of carbonyl (C=O) groups excluding carboxylic acids is 1. The highest BCUT2D eigenvalue weighted by atomic mass is 35.5. The van der Waals surface area contributed by atoms with Gasteiger partial charge in [-0.2, -0.15) is 5.10 Å². The molecule has 2 heterocycles. The monoisotopic (exact) mass is 333 g/mol. The standard InChI is InChI=1S/C17H20ClN3O2/c1-11-6-7-20(10-16(11)22)17(23)15-8-12(2)21(19-15)14-5-3-4-13(18)9-14/h3-5,8-9,11,16,22H,6-7,10H2,1-2H3. The van der Waals surface area contributed by atoms with Crippen LogP contribution in [0, 0.1) is 12.8 Å². The Balaban J connectivity index is 1.84. The van der Waals surface area contributed by atoms with E-state index in [2.05, 4.69) is 5.10 Å². The number of amides is 1. The Morgan fingerprint density at radius 3 is 2.87 bits per heavy atom. The fraction of sp³-hybridized carbons (Fsp3) is 0.412. The van der Waals surface area contributed by atoms with Gasteiger partial charge in [-0.1, -0.05) is 24.6 Å². The van der Waals surface area contributed by atoms with Crippen molar-refractivity contribution in [2.24, 2.45) is 5.92 Å². The first-order valence-corrected chi connectivity index (χ1v) is 8.13. The zero-order chi connectivity index (χ0) is 16.6. The maximum Gasteiger partial charge on any atom is 0.274 e. The number of halogens is 1. The van der Waals surface area contributed by atoms with E-state index in [-0.39, 0.29) is 11.8 Å². The van der Waals surface area contributed by atoms with Crippen molar-refractivity contribution in [1.82, 2.24) is 14.7 Å². The van der Waals surface area contributed by atoms with E-state index in [9.17, 15) is 9.90 Å². The Bertz CT molecular complexity index is 728. The summed E-state index contributed by atoms with van der Waals surface area (Å²) >= 11 is 6.02. The molecule has 1 fully saturated rings. The molecule has 1 aliphatic heterocycles. The number of benzene rings is 1. The molecule has 2 aromatic rings. The van der Waals surface area contributed by atoms with E-state index in [1.54, 1.807) is 21.7 Å². The number of likely N-dealkylation sites (tertiary alicyclic amines) is 1. The molecule has 6 heteroatoms. The molecule has 1 aromatic carbocycles. The predicted molar refractivity (Wildman–Crippen MR) is 89.0 cm³/mol. The van der Waals surface area contributed by atoms with Gasteiger partial charge in [-0.05, 0) is 43.5 Å². The van der Waals surface area contributed by atoms with Crippen LogP contribution in [0.4, 0.5) is 0 Å². The first-order chi connectivity index (χ1) is 11.0. The van der Waals surface area contributed by atoms with E-state index in [0.717, 1.165) is 17.8 Å². The lowest BCUT2D eigenvalue weighted by Gasteiger charge is -2.33. The summed E-state index contributed by atoms with van der Waals surface area (Å²) in [4.78, 5) is 14.3. The molecule has 3 rings (SSSR count). The van der Waals surface area contributed by atoms with Crippen LogP contribution in [0.1, 0.15) is 29.5 Å². The van der Waals surface area contributed by atoms with Crippen LogP contribution < -0.4 is 0 Å². The van der Waals surface area contributed by atoms with Crippen LogP contribution in [0.15, 0.2) is 30.3 Å². The smallest absolute Gasteiger partial charge is 0.274 e. The van der Waals surface area contributed by atoms with Gasteiger partial charge in [0.1, 0.15) is 0 Å².